The second-order valence-corrected chi connectivity index (χ2v) is 6.80. The van der Waals surface area contributed by atoms with E-state index in [9.17, 15) is 0 Å². The number of fused-ring (bicyclic) bond motifs is 2. The summed E-state index contributed by atoms with van der Waals surface area (Å²) in [6.45, 7) is 0. The molecule has 4 aromatic rings. The Morgan fingerprint density at radius 3 is 2.32 bits per heavy atom. The molecule has 0 saturated heterocycles. The number of hydrogen-bond acceptors (Lipinski definition) is 1. The Morgan fingerprint density at radius 1 is 0.680 bits per heavy atom. The monoisotopic (exact) mass is 328 g/mol. The molecule has 0 bridgehead atoms. The zero-order valence-electron chi connectivity index (χ0n) is 14.5. The summed E-state index contributed by atoms with van der Waals surface area (Å²) in [4.78, 5) is 8.07. The lowest BCUT2D eigenvalue weighted by Gasteiger charge is -2.04. The molecule has 1 N–H and O–H groups in total. The number of nitrogens with one attached hydrogen (secondary N) is 1. The highest BCUT2D eigenvalue weighted by molar-refractivity contribution is 5.83. The fraction of sp³-hybridized carbons (Fsp3) is 0.261. The number of benzene rings is 3. The third kappa shape index (κ3) is 3.90. The zero-order valence-corrected chi connectivity index (χ0v) is 14.5. The van der Waals surface area contributed by atoms with Gasteiger partial charge in [-0.1, -0.05) is 67.4 Å². The lowest BCUT2D eigenvalue weighted by atomic mass is 10.0. The molecule has 2 heteroatoms. The van der Waals surface area contributed by atoms with E-state index >= 15 is 0 Å². The number of imidazole rings is 1. The van der Waals surface area contributed by atoms with Gasteiger partial charge in [0.25, 0.3) is 0 Å². The molecule has 4 rings (SSSR count). The minimum absolute atomic E-state index is 1.05. The molecule has 0 saturated carbocycles. The normalized spacial score (nSPS) is 11.4. The molecule has 0 aliphatic carbocycles. The summed E-state index contributed by atoms with van der Waals surface area (Å²) in [6, 6.07) is 23.7. The van der Waals surface area contributed by atoms with Crippen molar-refractivity contribution in [3.8, 4) is 0 Å². The van der Waals surface area contributed by atoms with Crippen LogP contribution in [0.5, 0.6) is 0 Å². The maximum atomic E-state index is 4.65. The maximum Gasteiger partial charge on any atom is 0.107 e. The molecule has 0 spiro atoms. The van der Waals surface area contributed by atoms with E-state index in [1.54, 1.807) is 0 Å². The first-order valence-electron chi connectivity index (χ1n) is 9.30. The number of aromatic nitrogens is 2. The molecule has 0 fully saturated rings. The van der Waals surface area contributed by atoms with E-state index in [2.05, 4.69) is 70.6 Å². The molecule has 0 aliphatic rings. The molecule has 25 heavy (non-hydrogen) atoms. The predicted molar refractivity (Wildman–Crippen MR) is 106 cm³/mol. The van der Waals surface area contributed by atoms with Crippen molar-refractivity contribution in [2.24, 2.45) is 0 Å². The summed E-state index contributed by atoms with van der Waals surface area (Å²) in [5.41, 5.74) is 3.68. The van der Waals surface area contributed by atoms with Gasteiger partial charge in [-0.15, -0.1) is 0 Å². The van der Waals surface area contributed by atoms with Gasteiger partial charge in [0.2, 0.25) is 0 Å². The highest BCUT2D eigenvalue weighted by atomic mass is 14.9. The van der Waals surface area contributed by atoms with Crippen LogP contribution in [0.3, 0.4) is 0 Å². The molecule has 126 valence electrons. The van der Waals surface area contributed by atoms with Gasteiger partial charge in [0, 0.05) is 6.42 Å². The first-order chi connectivity index (χ1) is 12.4. The number of hydrogen-bond donors (Lipinski definition) is 1. The van der Waals surface area contributed by atoms with Gasteiger partial charge in [-0.2, -0.15) is 0 Å². The van der Waals surface area contributed by atoms with Crippen LogP contribution in [0.15, 0.2) is 66.7 Å². The topological polar surface area (TPSA) is 28.7 Å². The lowest BCUT2D eigenvalue weighted by Crippen LogP contribution is -1.90. The van der Waals surface area contributed by atoms with Crippen molar-refractivity contribution in [1.29, 1.82) is 0 Å². The quantitative estimate of drug-likeness (QED) is 0.410. The largest absolute Gasteiger partial charge is 0.342 e. The van der Waals surface area contributed by atoms with Crippen molar-refractivity contribution in [2.75, 3.05) is 0 Å². The van der Waals surface area contributed by atoms with Crippen LogP contribution in [0.25, 0.3) is 21.8 Å². The van der Waals surface area contributed by atoms with Crippen LogP contribution < -0.4 is 0 Å². The molecule has 3 aromatic carbocycles. The molecule has 2 nitrogen and oxygen atoms in total. The third-order valence-corrected chi connectivity index (χ3v) is 4.88. The van der Waals surface area contributed by atoms with Gasteiger partial charge >= 0.3 is 0 Å². The molecular weight excluding hydrogens is 304 g/mol. The molecular formula is C23H24N2. The Balaban J connectivity index is 1.21. The number of rotatable bonds is 7. The number of aryl methyl sites for hydroxylation is 2. The minimum atomic E-state index is 1.05. The second kappa shape index (κ2) is 7.52. The van der Waals surface area contributed by atoms with E-state index < -0.39 is 0 Å². The van der Waals surface area contributed by atoms with E-state index in [4.69, 9.17) is 0 Å². The van der Waals surface area contributed by atoms with Crippen LogP contribution in [0.2, 0.25) is 0 Å². The van der Waals surface area contributed by atoms with Crippen molar-refractivity contribution < 1.29 is 0 Å². The van der Waals surface area contributed by atoms with Gasteiger partial charge in [0.15, 0.2) is 0 Å². The lowest BCUT2D eigenvalue weighted by molar-refractivity contribution is 0.632. The summed E-state index contributed by atoms with van der Waals surface area (Å²) in [5, 5.41) is 2.68. The SMILES string of the molecule is c1ccc2cc(CCCCCCc3nc4ccccc4[nH]3)ccc2c1. The van der Waals surface area contributed by atoms with E-state index in [0.717, 1.165) is 23.3 Å². The molecule has 1 aromatic heterocycles. The Labute approximate surface area is 148 Å². The average Bonchev–Trinajstić information content (AvgIpc) is 3.07. The van der Waals surface area contributed by atoms with Crippen LogP contribution in [0.1, 0.15) is 37.1 Å². The van der Waals surface area contributed by atoms with Crippen molar-refractivity contribution in [2.45, 2.75) is 38.5 Å². The fourth-order valence-electron chi connectivity index (χ4n) is 3.49. The van der Waals surface area contributed by atoms with Gasteiger partial charge in [-0.25, -0.2) is 4.98 Å². The van der Waals surface area contributed by atoms with E-state index in [-0.39, 0.29) is 0 Å². The maximum absolute atomic E-state index is 4.65. The standard InChI is InChI=1S/C23H24N2/c1(2-4-14-23-24-21-12-7-8-13-22(21)25-23)3-9-18-15-16-19-10-5-6-11-20(19)17-18/h5-8,10-13,15-17H,1-4,9,14H2,(H,24,25). The van der Waals surface area contributed by atoms with E-state index in [1.165, 1.54) is 48.4 Å². The van der Waals surface area contributed by atoms with Gasteiger partial charge < -0.3 is 4.98 Å². The first-order valence-corrected chi connectivity index (χ1v) is 9.30. The van der Waals surface area contributed by atoms with Crippen LogP contribution in [0, 0.1) is 0 Å². The van der Waals surface area contributed by atoms with Crippen molar-refractivity contribution >= 4 is 21.8 Å². The summed E-state index contributed by atoms with van der Waals surface area (Å²) in [7, 11) is 0. The summed E-state index contributed by atoms with van der Waals surface area (Å²) >= 11 is 0. The fourth-order valence-corrected chi connectivity index (χ4v) is 3.49. The van der Waals surface area contributed by atoms with Gasteiger partial charge in [-0.3, -0.25) is 0 Å². The number of aromatic amines is 1. The Kier molecular flexibility index (Phi) is 4.78. The number of nitrogens with zero attached hydrogens (tertiary/aromatic N) is 1. The highest BCUT2D eigenvalue weighted by Gasteiger charge is 2.02. The molecule has 0 amide bonds. The van der Waals surface area contributed by atoms with E-state index in [1.807, 2.05) is 6.07 Å². The number of para-hydroxylation sites is 2. The molecule has 0 atom stereocenters. The molecule has 1 heterocycles. The van der Waals surface area contributed by atoms with E-state index in [0.29, 0.717) is 0 Å². The number of unbranched alkanes of at least 4 members (excludes halogenated alkanes) is 3. The van der Waals surface area contributed by atoms with Gasteiger partial charge in [0.1, 0.15) is 5.82 Å². The first kappa shape index (κ1) is 15.9. The van der Waals surface area contributed by atoms with Crippen LogP contribution in [-0.4, -0.2) is 9.97 Å². The van der Waals surface area contributed by atoms with Crippen LogP contribution in [0.4, 0.5) is 0 Å². The minimum Gasteiger partial charge on any atom is -0.342 e. The van der Waals surface area contributed by atoms with Crippen molar-refractivity contribution in [3.05, 3.63) is 78.1 Å². The smallest absolute Gasteiger partial charge is 0.107 e. The summed E-state index contributed by atoms with van der Waals surface area (Å²) in [5.74, 6) is 1.12. The zero-order chi connectivity index (χ0) is 16.9. The summed E-state index contributed by atoms with van der Waals surface area (Å²) in [6.07, 6.45) is 7.24. The van der Waals surface area contributed by atoms with Crippen LogP contribution >= 0.6 is 0 Å². The van der Waals surface area contributed by atoms with Gasteiger partial charge in [0.05, 0.1) is 11.0 Å². The Bertz CT molecular complexity index is 935. The van der Waals surface area contributed by atoms with Crippen LogP contribution in [-0.2, 0) is 12.8 Å². The van der Waals surface area contributed by atoms with Crippen molar-refractivity contribution in [1.82, 2.24) is 9.97 Å². The molecule has 0 unspecified atom stereocenters. The number of H-pyrrole nitrogens is 1. The predicted octanol–water partition coefficient (Wildman–Crippen LogP) is 6.06. The molecule has 0 aliphatic heterocycles. The van der Waals surface area contributed by atoms with Crippen molar-refractivity contribution in [3.63, 3.8) is 0 Å². The molecule has 0 radical (unpaired) electrons. The summed E-state index contributed by atoms with van der Waals surface area (Å²) < 4.78 is 0. The highest BCUT2D eigenvalue weighted by Crippen LogP contribution is 2.18. The Hall–Kier alpha value is -2.61. The van der Waals surface area contributed by atoms with Gasteiger partial charge in [-0.05, 0) is 47.7 Å². The Morgan fingerprint density at radius 2 is 1.44 bits per heavy atom. The second-order valence-electron chi connectivity index (χ2n) is 6.80. The average molecular weight is 328 g/mol. The third-order valence-electron chi connectivity index (χ3n) is 4.88.